The fraction of sp³-hybridized carbons (Fsp3) is 0.167. The van der Waals surface area contributed by atoms with E-state index in [0.29, 0.717) is 0 Å². The van der Waals surface area contributed by atoms with Gasteiger partial charge in [0.05, 0.1) is 29.6 Å². The maximum atomic E-state index is 13.0. The molecule has 2 aromatic rings. The highest BCUT2D eigenvalue weighted by atomic mass is 19.4. The number of aliphatic hydroxyl groups excluding tert-OH is 1. The fourth-order valence-electron chi connectivity index (χ4n) is 1.69. The minimum atomic E-state index is -4.61. The minimum absolute atomic E-state index is 0.00404. The largest absolute Gasteiger partial charge is 0.418 e. The molecular weight excluding hydrogens is 275 g/mol. The van der Waals surface area contributed by atoms with Crippen molar-refractivity contribution in [3.8, 4) is 5.69 Å². The second-order valence-corrected chi connectivity index (χ2v) is 4.05. The maximum Gasteiger partial charge on any atom is 0.418 e. The normalized spacial score (nSPS) is 11.6. The summed E-state index contributed by atoms with van der Waals surface area (Å²) in [5, 5.41) is 12.6. The van der Waals surface area contributed by atoms with Gasteiger partial charge >= 0.3 is 6.18 Å². The zero-order chi connectivity index (χ0) is 14.9. The molecule has 0 aliphatic heterocycles. The van der Waals surface area contributed by atoms with Crippen LogP contribution in [0.5, 0.6) is 0 Å². The molecule has 8 heteroatoms. The molecule has 0 aliphatic carbocycles. The van der Waals surface area contributed by atoms with Gasteiger partial charge in [-0.3, -0.25) is 4.79 Å². The van der Waals surface area contributed by atoms with Crippen LogP contribution in [-0.2, 0) is 12.8 Å². The summed E-state index contributed by atoms with van der Waals surface area (Å²) < 4.78 is 39.9. The molecule has 3 N–H and O–H groups in total. The van der Waals surface area contributed by atoms with Crippen LogP contribution < -0.4 is 5.73 Å². The van der Waals surface area contributed by atoms with Crippen LogP contribution in [0.25, 0.3) is 5.69 Å². The van der Waals surface area contributed by atoms with Gasteiger partial charge in [0, 0.05) is 6.20 Å². The molecule has 0 aliphatic rings. The number of carbonyl (C=O) groups is 1. The van der Waals surface area contributed by atoms with E-state index in [1.807, 2.05) is 0 Å². The molecule has 0 radical (unpaired) electrons. The first kappa shape index (κ1) is 14.1. The standard InChI is InChI=1S/C12H10F3N3O2/c13-12(14,15)9-3-7(6-19)1-2-10(9)18-5-8(4-17-18)11(16)20/h1-5,19H,6H2,(H2,16,20). The monoisotopic (exact) mass is 285 g/mol. The summed E-state index contributed by atoms with van der Waals surface area (Å²) >= 11 is 0. The Morgan fingerprint density at radius 2 is 2.10 bits per heavy atom. The Hall–Kier alpha value is -2.35. The highest BCUT2D eigenvalue weighted by molar-refractivity contribution is 5.92. The molecule has 0 unspecified atom stereocenters. The number of alkyl halides is 3. The predicted molar refractivity (Wildman–Crippen MR) is 63.0 cm³/mol. The molecule has 5 nitrogen and oxygen atoms in total. The number of aliphatic hydroxyl groups is 1. The molecule has 1 aromatic heterocycles. The van der Waals surface area contributed by atoms with Gasteiger partial charge in [-0.05, 0) is 17.7 Å². The first-order valence-electron chi connectivity index (χ1n) is 5.48. The van der Waals surface area contributed by atoms with Gasteiger partial charge in [0.1, 0.15) is 0 Å². The van der Waals surface area contributed by atoms with Crippen molar-refractivity contribution < 1.29 is 23.1 Å². The third-order valence-electron chi connectivity index (χ3n) is 2.66. The third-order valence-corrected chi connectivity index (χ3v) is 2.66. The van der Waals surface area contributed by atoms with Gasteiger partial charge in [-0.1, -0.05) is 6.07 Å². The van der Waals surface area contributed by atoms with Crippen molar-refractivity contribution in [1.82, 2.24) is 9.78 Å². The summed E-state index contributed by atoms with van der Waals surface area (Å²) in [5.74, 6) is -0.781. The van der Waals surface area contributed by atoms with Gasteiger partial charge in [0.25, 0.3) is 5.91 Å². The quantitative estimate of drug-likeness (QED) is 0.896. The van der Waals surface area contributed by atoms with Crippen LogP contribution in [0, 0.1) is 0 Å². The zero-order valence-electron chi connectivity index (χ0n) is 10.1. The molecule has 1 aromatic carbocycles. The Morgan fingerprint density at radius 1 is 1.40 bits per heavy atom. The first-order chi connectivity index (χ1) is 9.32. The van der Waals surface area contributed by atoms with E-state index in [2.05, 4.69) is 5.10 Å². The van der Waals surface area contributed by atoms with E-state index in [-0.39, 0.29) is 16.8 Å². The second kappa shape index (κ2) is 4.97. The number of aromatic nitrogens is 2. The van der Waals surface area contributed by atoms with Crippen LogP contribution in [0.1, 0.15) is 21.5 Å². The van der Waals surface area contributed by atoms with Crippen molar-refractivity contribution in [2.75, 3.05) is 0 Å². The summed E-state index contributed by atoms with van der Waals surface area (Å²) in [6, 6.07) is 3.35. The summed E-state index contributed by atoms with van der Waals surface area (Å²) in [4.78, 5) is 10.9. The minimum Gasteiger partial charge on any atom is -0.392 e. The molecule has 0 spiro atoms. The molecule has 0 atom stereocenters. The van der Waals surface area contributed by atoms with Gasteiger partial charge in [0.15, 0.2) is 0 Å². The molecule has 1 heterocycles. The van der Waals surface area contributed by atoms with E-state index in [1.165, 1.54) is 12.1 Å². The van der Waals surface area contributed by atoms with E-state index in [9.17, 15) is 18.0 Å². The number of rotatable bonds is 3. The topological polar surface area (TPSA) is 81.1 Å². The Labute approximate surface area is 111 Å². The average molecular weight is 285 g/mol. The van der Waals surface area contributed by atoms with Crippen molar-refractivity contribution in [1.29, 1.82) is 0 Å². The molecule has 0 saturated heterocycles. The van der Waals surface area contributed by atoms with Crippen LogP contribution in [0.4, 0.5) is 13.2 Å². The van der Waals surface area contributed by atoms with E-state index < -0.39 is 24.3 Å². The van der Waals surface area contributed by atoms with Crippen LogP contribution in [0.3, 0.4) is 0 Å². The van der Waals surface area contributed by atoms with Gasteiger partial charge in [0.2, 0.25) is 0 Å². The van der Waals surface area contributed by atoms with Crippen LogP contribution in [-0.4, -0.2) is 20.8 Å². The van der Waals surface area contributed by atoms with Gasteiger partial charge in [-0.2, -0.15) is 18.3 Å². The number of hydrogen-bond acceptors (Lipinski definition) is 3. The van der Waals surface area contributed by atoms with Gasteiger partial charge < -0.3 is 10.8 Å². The van der Waals surface area contributed by atoms with E-state index in [1.54, 1.807) is 0 Å². The third kappa shape index (κ3) is 2.64. The molecule has 20 heavy (non-hydrogen) atoms. The SMILES string of the molecule is NC(=O)c1cnn(-c2ccc(CO)cc2C(F)(F)F)c1. The Balaban J connectivity index is 2.57. The van der Waals surface area contributed by atoms with E-state index >= 15 is 0 Å². The number of nitrogens with zero attached hydrogens (tertiary/aromatic N) is 2. The number of benzene rings is 1. The van der Waals surface area contributed by atoms with Crippen LogP contribution in [0.2, 0.25) is 0 Å². The molecule has 1 amide bonds. The fourth-order valence-corrected chi connectivity index (χ4v) is 1.69. The molecule has 106 valence electrons. The van der Waals surface area contributed by atoms with Crippen molar-refractivity contribution in [2.45, 2.75) is 12.8 Å². The predicted octanol–water partition coefficient (Wildman–Crippen LogP) is 1.48. The molecular formula is C12H10F3N3O2. The average Bonchev–Trinajstić information content (AvgIpc) is 2.86. The lowest BCUT2D eigenvalue weighted by molar-refractivity contribution is -0.137. The molecule has 0 saturated carbocycles. The van der Waals surface area contributed by atoms with E-state index in [0.717, 1.165) is 23.1 Å². The number of halogens is 3. The Bertz CT molecular complexity index is 650. The van der Waals surface area contributed by atoms with Gasteiger partial charge in [-0.25, -0.2) is 4.68 Å². The highest BCUT2D eigenvalue weighted by Crippen LogP contribution is 2.34. The Kier molecular flexibility index (Phi) is 3.49. The maximum absolute atomic E-state index is 13.0. The number of nitrogens with two attached hydrogens (primary N) is 1. The number of carbonyl (C=O) groups excluding carboxylic acids is 1. The van der Waals surface area contributed by atoms with Crippen molar-refractivity contribution >= 4 is 5.91 Å². The number of amides is 1. The summed E-state index contributed by atoms with van der Waals surface area (Å²) in [6.45, 7) is -0.505. The second-order valence-electron chi connectivity index (χ2n) is 4.05. The first-order valence-corrected chi connectivity index (χ1v) is 5.48. The summed E-state index contributed by atoms with van der Waals surface area (Å²) in [6.07, 6.45) is -2.41. The number of primary amides is 1. The summed E-state index contributed by atoms with van der Waals surface area (Å²) in [7, 11) is 0. The Morgan fingerprint density at radius 3 is 2.60 bits per heavy atom. The van der Waals surface area contributed by atoms with Crippen LogP contribution in [0.15, 0.2) is 30.6 Å². The highest BCUT2D eigenvalue weighted by Gasteiger charge is 2.34. The lowest BCUT2D eigenvalue weighted by atomic mass is 10.1. The molecule has 0 bridgehead atoms. The lowest BCUT2D eigenvalue weighted by Crippen LogP contribution is -2.12. The van der Waals surface area contributed by atoms with Crippen molar-refractivity contribution in [2.24, 2.45) is 5.73 Å². The van der Waals surface area contributed by atoms with Crippen LogP contribution >= 0.6 is 0 Å². The summed E-state index contributed by atoms with van der Waals surface area (Å²) in [5.41, 5.74) is 3.96. The van der Waals surface area contributed by atoms with Gasteiger partial charge in [-0.15, -0.1) is 0 Å². The van der Waals surface area contributed by atoms with Crippen molar-refractivity contribution in [3.63, 3.8) is 0 Å². The van der Waals surface area contributed by atoms with E-state index in [4.69, 9.17) is 10.8 Å². The molecule has 2 rings (SSSR count). The number of hydrogen-bond donors (Lipinski definition) is 2. The van der Waals surface area contributed by atoms with Crippen molar-refractivity contribution in [3.05, 3.63) is 47.3 Å². The zero-order valence-corrected chi connectivity index (χ0v) is 10.1. The smallest absolute Gasteiger partial charge is 0.392 e. The lowest BCUT2D eigenvalue weighted by Gasteiger charge is -2.13. The molecule has 0 fully saturated rings.